The summed E-state index contributed by atoms with van der Waals surface area (Å²) in [5.74, 6) is 0.823. The van der Waals surface area contributed by atoms with Gasteiger partial charge in [-0.2, -0.15) is 0 Å². The highest BCUT2D eigenvalue weighted by atomic mass is 15.1. The molecule has 0 N–H and O–H groups in total. The molecule has 6 rings (SSSR count). The Bertz CT molecular complexity index is 1460. The number of aryl methyl sites for hydroxylation is 2. The number of nitrogens with zero attached hydrogens (tertiary/aromatic N) is 5. The zero-order valence-corrected chi connectivity index (χ0v) is 18.1. The summed E-state index contributed by atoms with van der Waals surface area (Å²) in [5, 5.41) is 1.26. The Hall–Kier alpha value is -3.44. The third kappa shape index (κ3) is 2.81. The van der Waals surface area contributed by atoms with Crippen LogP contribution in [-0.2, 0) is 20.0 Å². The van der Waals surface area contributed by atoms with Gasteiger partial charge in [-0.25, -0.2) is 9.97 Å². The topological polar surface area (TPSA) is 38.9 Å². The average molecular weight is 408 g/mol. The van der Waals surface area contributed by atoms with E-state index < -0.39 is 0 Å². The molecule has 5 aromatic rings. The summed E-state index contributed by atoms with van der Waals surface area (Å²) in [7, 11) is 4.27. The second kappa shape index (κ2) is 6.79. The molecular weight excluding hydrogens is 382 g/mol. The lowest BCUT2D eigenvalue weighted by molar-refractivity contribution is 0.311. The minimum Gasteiger partial charge on any atom is -0.351 e. The van der Waals surface area contributed by atoms with Crippen LogP contribution < -0.4 is 0 Å². The van der Waals surface area contributed by atoms with Crippen molar-refractivity contribution in [1.82, 2.24) is 24.0 Å². The van der Waals surface area contributed by atoms with Gasteiger partial charge < -0.3 is 14.0 Å². The number of hydrogen-bond donors (Lipinski definition) is 0. The summed E-state index contributed by atoms with van der Waals surface area (Å²) in [6.07, 6.45) is 5.12. The predicted octanol–water partition coefficient (Wildman–Crippen LogP) is 4.88. The quantitative estimate of drug-likeness (QED) is 0.419. The molecule has 31 heavy (non-hydrogen) atoms. The highest BCUT2D eigenvalue weighted by molar-refractivity contribution is 5.90. The average Bonchev–Trinajstić information content (AvgIpc) is 3.30. The van der Waals surface area contributed by atoms with Crippen molar-refractivity contribution in [2.75, 3.05) is 13.6 Å². The highest BCUT2D eigenvalue weighted by Crippen LogP contribution is 2.36. The molecule has 0 saturated carbocycles. The fourth-order valence-electron chi connectivity index (χ4n) is 4.98. The first-order chi connectivity index (χ1) is 15.1. The van der Waals surface area contributed by atoms with Crippen LogP contribution in [0, 0.1) is 6.92 Å². The molecule has 5 heteroatoms. The van der Waals surface area contributed by atoms with Crippen LogP contribution in [0.2, 0.25) is 0 Å². The lowest BCUT2D eigenvalue weighted by Gasteiger charge is -2.24. The minimum absolute atomic E-state index is 0.823. The van der Waals surface area contributed by atoms with E-state index in [1.54, 1.807) is 0 Å². The summed E-state index contributed by atoms with van der Waals surface area (Å²) in [5.41, 5.74) is 9.78. The Balaban J connectivity index is 1.63. The van der Waals surface area contributed by atoms with Crippen molar-refractivity contribution in [1.29, 1.82) is 0 Å². The number of hydrogen-bond acceptors (Lipinski definition) is 3. The van der Waals surface area contributed by atoms with Gasteiger partial charge in [0.05, 0.1) is 22.9 Å². The molecule has 1 aliphatic heterocycles. The van der Waals surface area contributed by atoms with E-state index in [1.165, 1.54) is 39.0 Å². The number of rotatable bonds is 2. The number of likely N-dealkylation sites (N-methyl/N-ethyl adjacent to an activating group) is 1. The molecule has 3 aromatic heterocycles. The summed E-state index contributed by atoms with van der Waals surface area (Å²) >= 11 is 0. The van der Waals surface area contributed by atoms with Gasteiger partial charge in [0.2, 0.25) is 0 Å². The molecular formula is C26H25N5. The molecule has 1 aliphatic rings. The maximum Gasteiger partial charge on any atom is 0.126 e. The van der Waals surface area contributed by atoms with Gasteiger partial charge >= 0.3 is 0 Å². The van der Waals surface area contributed by atoms with Crippen LogP contribution in [0.15, 0.2) is 60.9 Å². The first kappa shape index (κ1) is 18.3. The molecule has 4 heterocycles. The molecule has 0 amide bonds. The van der Waals surface area contributed by atoms with Crippen molar-refractivity contribution < 1.29 is 0 Å². The van der Waals surface area contributed by atoms with Crippen LogP contribution in [0.1, 0.15) is 17.1 Å². The van der Waals surface area contributed by atoms with Crippen LogP contribution in [0.5, 0.6) is 0 Å². The zero-order valence-electron chi connectivity index (χ0n) is 18.1. The third-order valence-corrected chi connectivity index (χ3v) is 6.53. The van der Waals surface area contributed by atoms with Gasteiger partial charge in [-0.15, -0.1) is 0 Å². The summed E-state index contributed by atoms with van der Waals surface area (Å²) in [6.45, 7) is 3.94. The Kier molecular flexibility index (Phi) is 4.02. The van der Waals surface area contributed by atoms with Crippen LogP contribution in [0.3, 0.4) is 0 Å². The molecule has 0 spiro atoms. The van der Waals surface area contributed by atoms with Crippen molar-refractivity contribution in [3.63, 3.8) is 0 Å². The molecule has 154 valence electrons. The molecule has 0 radical (unpaired) electrons. The van der Waals surface area contributed by atoms with E-state index in [1.807, 2.05) is 13.1 Å². The maximum atomic E-state index is 4.85. The van der Waals surface area contributed by atoms with Crippen LogP contribution in [-0.4, -0.2) is 37.6 Å². The van der Waals surface area contributed by atoms with E-state index in [0.29, 0.717) is 0 Å². The standard InChI is InChI=1S/C26H25N5/c1-17-27-15-25-26(28-17)21-16-29(2)12-11-24(21)31(25)23-7-5-4-6-20(23)18-8-9-22-19(14-18)10-13-30(22)3/h4-10,13-15H,11-12,16H2,1-3H3. The van der Waals surface area contributed by atoms with Gasteiger partial charge in [-0.3, -0.25) is 0 Å². The lowest BCUT2D eigenvalue weighted by atomic mass is 10.0. The number of aromatic nitrogens is 4. The molecule has 0 bridgehead atoms. The van der Waals surface area contributed by atoms with Crippen molar-refractivity contribution in [3.05, 3.63) is 78.0 Å². The molecule has 0 aliphatic carbocycles. The maximum absolute atomic E-state index is 4.85. The molecule has 0 atom stereocenters. The first-order valence-electron chi connectivity index (χ1n) is 10.8. The second-order valence-electron chi connectivity index (χ2n) is 8.62. The zero-order chi connectivity index (χ0) is 21.1. The van der Waals surface area contributed by atoms with Gasteiger partial charge in [0.15, 0.2) is 0 Å². The molecule has 0 saturated heterocycles. The predicted molar refractivity (Wildman–Crippen MR) is 126 cm³/mol. The summed E-state index contributed by atoms with van der Waals surface area (Å²) in [6, 6.07) is 17.6. The molecule has 0 unspecified atom stereocenters. The van der Waals surface area contributed by atoms with Crippen LogP contribution >= 0.6 is 0 Å². The molecule has 0 fully saturated rings. The van der Waals surface area contributed by atoms with E-state index in [0.717, 1.165) is 36.4 Å². The largest absolute Gasteiger partial charge is 0.351 e. The van der Waals surface area contributed by atoms with Crippen LogP contribution in [0.4, 0.5) is 0 Å². The highest BCUT2D eigenvalue weighted by Gasteiger charge is 2.25. The molecule has 5 nitrogen and oxygen atoms in total. The Morgan fingerprint density at radius 2 is 1.84 bits per heavy atom. The first-order valence-corrected chi connectivity index (χ1v) is 10.8. The van der Waals surface area contributed by atoms with Gasteiger partial charge in [0, 0.05) is 60.5 Å². The SMILES string of the molecule is Cc1ncc2c(n1)c1c(n2-c2ccccc2-c2ccc3c(ccn3C)c2)CCN(C)C1. The monoisotopic (exact) mass is 407 g/mol. The van der Waals surface area contributed by atoms with E-state index in [4.69, 9.17) is 4.98 Å². The van der Waals surface area contributed by atoms with Crippen molar-refractivity contribution in [3.8, 4) is 16.8 Å². The third-order valence-electron chi connectivity index (χ3n) is 6.53. The lowest BCUT2D eigenvalue weighted by Crippen LogP contribution is -2.27. The minimum atomic E-state index is 0.823. The van der Waals surface area contributed by atoms with Crippen molar-refractivity contribution >= 4 is 21.9 Å². The fraction of sp³-hybridized carbons (Fsp3) is 0.231. The second-order valence-corrected chi connectivity index (χ2v) is 8.62. The summed E-state index contributed by atoms with van der Waals surface area (Å²) in [4.78, 5) is 11.8. The van der Waals surface area contributed by atoms with E-state index >= 15 is 0 Å². The van der Waals surface area contributed by atoms with Gasteiger partial charge in [0.25, 0.3) is 0 Å². The normalized spacial score (nSPS) is 14.4. The van der Waals surface area contributed by atoms with Gasteiger partial charge in [-0.1, -0.05) is 24.3 Å². The number of para-hydroxylation sites is 1. The molecule has 2 aromatic carbocycles. The smallest absolute Gasteiger partial charge is 0.126 e. The van der Waals surface area contributed by atoms with E-state index in [2.05, 4.69) is 87.8 Å². The fourth-order valence-corrected chi connectivity index (χ4v) is 4.98. The van der Waals surface area contributed by atoms with E-state index in [9.17, 15) is 0 Å². The summed E-state index contributed by atoms with van der Waals surface area (Å²) < 4.78 is 4.57. The van der Waals surface area contributed by atoms with E-state index in [-0.39, 0.29) is 0 Å². The number of fused-ring (bicyclic) bond motifs is 4. The van der Waals surface area contributed by atoms with Gasteiger partial charge in [0.1, 0.15) is 5.82 Å². The van der Waals surface area contributed by atoms with Crippen LogP contribution in [0.25, 0.3) is 38.8 Å². The van der Waals surface area contributed by atoms with Crippen molar-refractivity contribution in [2.45, 2.75) is 19.9 Å². The van der Waals surface area contributed by atoms with Gasteiger partial charge in [-0.05, 0) is 43.8 Å². The Morgan fingerprint density at radius 1 is 0.968 bits per heavy atom. The number of benzene rings is 2. The Labute approximate surface area is 181 Å². The van der Waals surface area contributed by atoms with Crippen molar-refractivity contribution in [2.24, 2.45) is 7.05 Å². The Morgan fingerprint density at radius 3 is 2.74 bits per heavy atom.